The van der Waals surface area contributed by atoms with Crippen molar-refractivity contribution in [2.24, 2.45) is 25.9 Å². The molecule has 2 aliphatic rings. The van der Waals surface area contributed by atoms with Crippen LogP contribution in [0.15, 0.2) is 118 Å². The van der Waals surface area contributed by atoms with Crippen molar-refractivity contribution in [3.63, 3.8) is 0 Å². The van der Waals surface area contributed by atoms with E-state index in [0.717, 1.165) is 55.5 Å². The minimum absolute atomic E-state index is 0.199. The van der Waals surface area contributed by atoms with Gasteiger partial charge in [0.25, 0.3) is 0 Å². The Labute approximate surface area is 327 Å². The van der Waals surface area contributed by atoms with E-state index in [0.29, 0.717) is 40.3 Å². The first-order valence-electron chi connectivity index (χ1n) is 17.4. The fourth-order valence-corrected chi connectivity index (χ4v) is 8.30. The van der Waals surface area contributed by atoms with E-state index in [1.807, 2.05) is 60.1 Å². The third-order valence-electron chi connectivity index (χ3n) is 9.43. The van der Waals surface area contributed by atoms with Crippen LogP contribution < -0.4 is 0 Å². The van der Waals surface area contributed by atoms with Crippen molar-refractivity contribution in [1.82, 2.24) is 29.1 Å². The van der Waals surface area contributed by atoms with Crippen molar-refractivity contribution >= 4 is 46.7 Å². The van der Waals surface area contributed by atoms with Gasteiger partial charge >= 0.3 is 0 Å². The molecule has 2 saturated carbocycles. The van der Waals surface area contributed by atoms with Crippen LogP contribution in [0.2, 0.25) is 10.0 Å². The molecule has 8 nitrogen and oxygen atoms in total. The van der Waals surface area contributed by atoms with Crippen LogP contribution >= 0.6 is 46.7 Å². The van der Waals surface area contributed by atoms with Crippen LogP contribution in [0.25, 0.3) is 22.5 Å². The summed E-state index contributed by atoms with van der Waals surface area (Å²) in [5.74, 6) is 1.97. The van der Waals surface area contributed by atoms with Gasteiger partial charge in [-0.2, -0.15) is 0 Å². The minimum atomic E-state index is -0.415. The molecule has 4 aromatic heterocycles. The Morgan fingerprint density at radius 2 is 1.17 bits per heavy atom. The Hall–Kier alpha value is -3.71. The van der Waals surface area contributed by atoms with Crippen LogP contribution in [0.3, 0.4) is 0 Å². The molecule has 0 bridgehead atoms. The number of hydrogen-bond donors (Lipinski definition) is 1. The first-order valence-corrected chi connectivity index (χ1v) is 19.8. The summed E-state index contributed by atoms with van der Waals surface area (Å²) < 4.78 is 21.5. The Bertz CT molecular complexity index is 2110. The highest BCUT2D eigenvalue weighted by Gasteiger charge is 2.38. The number of pyridine rings is 2. The normalized spacial score (nSPS) is 18.8. The zero-order valence-corrected chi connectivity index (χ0v) is 32.4. The second-order valence-corrected chi connectivity index (χ2v) is 16.1. The van der Waals surface area contributed by atoms with E-state index >= 15 is 0 Å². The molecule has 0 unspecified atom stereocenters. The highest BCUT2D eigenvalue weighted by Crippen LogP contribution is 2.48. The average Bonchev–Trinajstić information content (AvgIpc) is 4.08. The van der Waals surface area contributed by atoms with Gasteiger partial charge in [0.05, 0.1) is 35.9 Å². The lowest BCUT2D eigenvalue weighted by Crippen LogP contribution is -2.00. The first kappa shape index (κ1) is 37.6. The first-order chi connectivity index (χ1) is 25.8. The molecule has 13 heteroatoms. The number of aliphatic hydroxyl groups is 1. The number of benzene rings is 2. The third-order valence-corrected chi connectivity index (χ3v) is 12.1. The number of ether oxygens (including phenoxy) is 1. The van der Waals surface area contributed by atoms with E-state index in [9.17, 15) is 9.50 Å². The van der Waals surface area contributed by atoms with E-state index < -0.39 is 6.67 Å². The highest BCUT2D eigenvalue weighted by molar-refractivity contribution is 7.99. The van der Waals surface area contributed by atoms with Crippen LogP contribution in [0.5, 0.6) is 0 Å². The zero-order valence-electron chi connectivity index (χ0n) is 29.3. The number of nitrogens with zero attached hydrogens (tertiary/aromatic N) is 6. The van der Waals surface area contributed by atoms with Gasteiger partial charge in [0.1, 0.15) is 38.2 Å². The minimum Gasteiger partial charge on any atom is -0.396 e. The summed E-state index contributed by atoms with van der Waals surface area (Å²) in [6, 6.07) is 24.6. The fraction of sp³-hybridized carbons (Fsp3) is 0.300. The van der Waals surface area contributed by atoms with Crippen molar-refractivity contribution in [1.29, 1.82) is 0 Å². The molecule has 0 radical (unpaired) electrons. The molecule has 274 valence electrons. The van der Waals surface area contributed by atoms with Crippen molar-refractivity contribution in [2.75, 3.05) is 26.5 Å². The van der Waals surface area contributed by atoms with Crippen LogP contribution in [0, 0.1) is 11.8 Å². The van der Waals surface area contributed by atoms with Gasteiger partial charge in [-0.3, -0.25) is 0 Å². The van der Waals surface area contributed by atoms with E-state index in [4.69, 9.17) is 27.9 Å². The lowest BCUT2D eigenvalue weighted by atomic mass is 10.1. The van der Waals surface area contributed by atoms with Crippen molar-refractivity contribution < 1.29 is 14.2 Å². The molecule has 0 saturated heterocycles. The van der Waals surface area contributed by atoms with Crippen LogP contribution in [0.4, 0.5) is 4.39 Å². The smallest absolute Gasteiger partial charge is 0.113 e. The van der Waals surface area contributed by atoms with Crippen molar-refractivity contribution in [3.05, 3.63) is 119 Å². The van der Waals surface area contributed by atoms with Gasteiger partial charge in [-0.05, 0) is 95.4 Å². The molecule has 4 heterocycles. The molecule has 0 spiro atoms. The van der Waals surface area contributed by atoms with Gasteiger partial charge in [-0.25, -0.2) is 24.3 Å². The van der Waals surface area contributed by atoms with Gasteiger partial charge in [0.15, 0.2) is 0 Å². The van der Waals surface area contributed by atoms with Gasteiger partial charge in [-0.1, -0.05) is 71.7 Å². The summed E-state index contributed by atoms with van der Waals surface area (Å²) in [6.45, 7) is 0.708. The predicted octanol–water partition coefficient (Wildman–Crippen LogP) is 9.76. The monoisotopic (exact) mass is 788 g/mol. The van der Waals surface area contributed by atoms with Crippen LogP contribution in [-0.4, -0.2) is 60.7 Å². The summed E-state index contributed by atoms with van der Waals surface area (Å²) in [7, 11) is 3.97. The molecule has 2 fully saturated rings. The molecule has 8 rings (SSSR count). The van der Waals surface area contributed by atoms with Gasteiger partial charge < -0.3 is 19.0 Å². The molecule has 0 amide bonds. The Morgan fingerprint density at radius 1 is 0.698 bits per heavy atom. The van der Waals surface area contributed by atoms with Crippen LogP contribution in [0.1, 0.15) is 35.8 Å². The molecule has 53 heavy (non-hydrogen) atoms. The largest absolute Gasteiger partial charge is 0.396 e. The van der Waals surface area contributed by atoms with E-state index in [1.54, 1.807) is 35.9 Å². The molecule has 2 aromatic carbocycles. The number of imidazole rings is 2. The quantitative estimate of drug-likeness (QED) is 0.116. The van der Waals surface area contributed by atoms with Crippen molar-refractivity contribution in [3.8, 4) is 22.5 Å². The second kappa shape index (κ2) is 17.2. The average molecular weight is 790 g/mol. The van der Waals surface area contributed by atoms with E-state index in [-0.39, 0.29) is 13.2 Å². The van der Waals surface area contributed by atoms with Crippen LogP contribution in [-0.2, 0) is 18.8 Å². The maximum Gasteiger partial charge on any atom is 0.113 e. The fourth-order valence-electron chi connectivity index (χ4n) is 6.28. The third kappa shape index (κ3) is 9.33. The highest BCUT2D eigenvalue weighted by atomic mass is 35.5. The Morgan fingerprint density at radius 3 is 1.58 bits per heavy atom. The molecule has 1 N–H and O–H groups in total. The summed E-state index contributed by atoms with van der Waals surface area (Å²) in [5.41, 5.74) is 6.66. The number of aliphatic hydroxyl groups excluding tert-OH is 1. The van der Waals surface area contributed by atoms with Gasteiger partial charge in [0, 0.05) is 44.2 Å². The van der Waals surface area contributed by atoms with E-state index in [2.05, 4.69) is 68.5 Å². The molecule has 2 aliphatic carbocycles. The molecular weight excluding hydrogens is 751 g/mol. The molecule has 4 atom stereocenters. The summed E-state index contributed by atoms with van der Waals surface area (Å²) in [4.78, 5) is 17.9. The van der Waals surface area contributed by atoms with Gasteiger partial charge in [-0.15, -0.1) is 0 Å². The van der Waals surface area contributed by atoms with Crippen molar-refractivity contribution in [2.45, 2.75) is 44.8 Å². The maximum absolute atomic E-state index is 12.1. The molecular formula is C40H39Cl2FN6O2S2. The second-order valence-electron chi connectivity index (χ2n) is 13.2. The number of rotatable bonds is 13. The number of alkyl halides is 1. The summed E-state index contributed by atoms with van der Waals surface area (Å²) in [6.07, 6.45) is 9.14. The van der Waals surface area contributed by atoms with E-state index in [1.165, 1.54) is 11.1 Å². The lowest BCUT2D eigenvalue weighted by molar-refractivity contribution is 0.109. The van der Waals surface area contributed by atoms with Gasteiger partial charge in [0.2, 0.25) is 0 Å². The molecule has 0 aliphatic heterocycles. The number of hydrogen-bond acceptors (Lipinski definition) is 8. The Balaban J connectivity index is 0.000000165. The topological polar surface area (TPSA) is 90.9 Å². The maximum atomic E-state index is 12.1. The predicted molar refractivity (Wildman–Crippen MR) is 210 cm³/mol. The number of aryl methyl sites for hydroxylation is 2. The SMILES string of the molecule is Cn1cnc(-c2ccc([C@H]3C[C@@H]3CO)cc2)c1Sc1ccc(Cl)cn1.Cn1cnc(-c2ccc([C@H]3C[C@@H]3COCCF)cc2)c1Sc1ccc(Cl)cn1. The Kier molecular flexibility index (Phi) is 12.2. The summed E-state index contributed by atoms with van der Waals surface area (Å²) in [5, 5.41) is 14.3. The standard InChI is InChI=1S/C21H21ClFN3OS.C19H18ClN3OS/c1-26-13-25-20(21(26)28-19-7-6-17(22)11-24-19)15-4-2-14(3-5-15)18-10-16(18)12-27-9-8-23;1-23-11-22-18(19(23)25-17-7-6-15(20)9-21-17)13-4-2-12(3-5-13)16-8-14(16)10-24/h2-7,11,13,16,18H,8-10,12H2,1H3;2-7,9,11,14,16,24H,8,10H2,1H3/t16-,18-;14-,16-/m11/s1. The lowest BCUT2D eigenvalue weighted by Gasteiger charge is -2.07. The summed E-state index contributed by atoms with van der Waals surface area (Å²) >= 11 is 15.0. The number of aromatic nitrogens is 6. The zero-order chi connectivity index (χ0) is 36.9. The number of halogens is 3. The molecule has 6 aromatic rings.